The van der Waals surface area contributed by atoms with E-state index >= 15 is 0 Å². The van der Waals surface area contributed by atoms with Crippen molar-refractivity contribution in [2.45, 2.75) is 33.6 Å². The summed E-state index contributed by atoms with van der Waals surface area (Å²) in [5, 5.41) is 0. The molecule has 0 amide bonds. The van der Waals surface area contributed by atoms with Crippen molar-refractivity contribution < 1.29 is 0 Å². The molecule has 2 rings (SSSR count). The maximum atomic E-state index is 2.46. The van der Waals surface area contributed by atoms with Gasteiger partial charge < -0.3 is 0 Å². The van der Waals surface area contributed by atoms with E-state index in [-0.39, 0.29) is 0 Å². The van der Waals surface area contributed by atoms with Crippen LogP contribution >= 0.6 is 0 Å². The molecule has 4 unspecified atom stereocenters. The Morgan fingerprint density at radius 3 is 2.11 bits per heavy atom. The molecule has 52 valence electrons. The predicted octanol–water partition coefficient (Wildman–Crippen LogP) is 2.69. The summed E-state index contributed by atoms with van der Waals surface area (Å²) < 4.78 is 0. The Kier molecular flexibility index (Phi) is 0.868. The summed E-state index contributed by atoms with van der Waals surface area (Å²) >= 11 is 0. The summed E-state index contributed by atoms with van der Waals surface area (Å²) in [5.41, 5.74) is 0.791. The van der Waals surface area contributed by atoms with Crippen LogP contribution in [0.25, 0.3) is 0 Å². The Balaban J connectivity index is 2.09. The molecule has 0 bridgehead atoms. The number of hydrogen-bond donors (Lipinski definition) is 0. The van der Waals surface area contributed by atoms with Crippen molar-refractivity contribution in [3.63, 3.8) is 0 Å². The minimum absolute atomic E-state index is 0.791. The van der Waals surface area contributed by atoms with Crippen LogP contribution in [0.3, 0.4) is 0 Å². The van der Waals surface area contributed by atoms with Crippen LogP contribution < -0.4 is 0 Å². The van der Waals surface area contributed by atoms with Crippen molar-refractivity contribution in [3.8, 4) is 0 Å². The van der Waals surface area contributed by atoms with Gasteiger partial charge >= 0.3 is 0 Å². The summed E-state index contributed by atoms with van der Waals surface area (Å²) in [4.78, 5) is 0. The molecule has 0 heteroatoms. The van der Waals surface area contributed by atoms with Crippen LogP contribution in [-0.2, 0) is 0 Å². The van der Waals surface area contributed by atoms with Gasteiger partial charge in [0.1, 0.15) is 0 Å². The van der Waals surface area contributed by atoms with Gasteiger partial charge in [-0.25, -0.2) is 0 Å². The minimum Gasteiger partial charge on any atom is -0.0622 e. The monoisotopic (exact) mass is 124 g/mol. The van der Waals surface area contributed by atoms with Crippen molar-refractivity contribution in [3.05, 3.63) is 0 Å². The fourth-order valence-corrected chi connectivity index (χ4v) is 3.03. The summed E-state index contributed by atoms with van der Waals surface area (Å²) in [6, 6.07) is 0. The highest BCUT2D eigenvalue weighted by molar-refractivity contribution is 5.07. The van der Waals surface area contributed by atoms with Crippen LogP contribution in [-0.4, -0.2) is 0 Å². The second kappa shape index (κ2) is 1.36. The maximum Gasteiger partial charge on any atom is -0.0266 e. The first-order valence-electron chi connectivity index (χ1n) is 4.14. The van der Waals surface area contributed by atoms with E-state index in [4.69, 9.17) is 0 Å². The lowest BCUT2D eigenvalue weighted by atomic mass is 9.40. The van der Waals surface area contributed by atoms with E-state index in [1.165, 1.54) is 12.8 Å². The molecule has 2 fully saturated rings. The Morgan fingerprint density at radius 1 is 1.33 bits per heavy atom. The lowest BCUT2D eigenvalue weighted by molar-refractivity contribution is -0.163. The van der Waals surface area contributed by atoms with Crippen LogP contribution in [0.2, 0.25) is 0 Å². The van der Waals surface area contributed by atoms with Gasteiger partial charge in [0.15, 0.2) is 0 Å². The SMILES string of the molecule is CC1CC2(C)C(C)CC12. The first kappa shape index (κ1) is 5.76. The largest absolute Gasteiger partial charge is 0.0622 e. The van der Waals surface area contributed by atoms with Crippen LogP contribution in [0.5, 0.6) is 0 Å². The van der Waals surface area contributed by atoms with Crippen molar-refractivity contribution in [1.82, 2.24) is 0 Å². The smallest absolute Gasteiger partial charge is 0.0266 e. The molecule has 4 atom stereocenters. The number of rotatable bonds is 0. The highest BCUT2D eigenvalue weighted by Crippen LogP contribution is 2.66. The second-order valence-electron chi connectivity index (χ2n) is 4.43. The topological polar surface area (TPSA) is 0 Å². The van der Waals surface area contributed by atoms with E-state index < -0.39 is 0 Å². The zero-order valence-electron chi connectivity index (χ0n) is 6.65. The van der Waals surface area contributed by atoms with Gasteiger partial charge in [-0.2, -0.15) is 0 Å². The molecular weight excluding hydrogens is 108 g/mol. The van der Waals surface area contributed by atoms with Crippen LogP contribution in [0.15, 0.2) is 0 Å². The minimum atomic E-state index is 0.791. The van der Waals surface area contributed by atoms with Gasteiger partial charge in [-0.05, 0) is 36.0 Å². The first-order chi connectivity index (χ1) is 4.14. The molecule has 2 aliphatic carbocycles. The molecule has 0 heterocycles. The van der Waals surface area contributed by atoms with E-state index in [2.05, 4.69) is 20.8 Å². The Labute approximate surface area is 57.6 Å². The lowest BCUT2D eigenvalue weighted by Crippen LogP contribution is -2.58. The number of fused-ring (bicyclic) bond motifs is 1. The van der Waals surface area contributed by atoms with Crippen molar-refractivity contribution in [2.24, 2.45) is 23.2 Å². The fourth-order valence-electron chi connectivity index (χ4n) is 3.03. The molecule has 0 N–H and O–H groups in total. The third-order valence-electron chi connectivity index (χ3n) is 4.03. The molecule has 0 aromatic carbocycles. The van der Waals surface area contributed by atoms with Crippen LogP contribution in [0, 0.1) is 23.2 Å². The fraction of sp³-hybridized carbons (Fsp3) is 1.00. The quantitative estimate of drug-likeness (QED) is 0.465. The molecule has 2 aliphatic rings. The van der Waals surface area contributed by atoms with E-state index in [9.17, 15) is 0 Å². The molecule has 9 heavy (non-hydrogen) atoms. The molecule has 2 saturated carbocycles. The van der Waals surface area contributed by atoms with Crippen LogP contribution in [0.4, 0.5) is 0 Å². The van der Waals surface area contributed by atoms with Gasteiger partial charge in [-0.15, -0.1) is 0 Å². The molecule has 0 radical (unpaired) electrons. The number of hydrogen-bond acceptors (Lipinski definition) is 0. The van der Waals surface area contributed by atoms with Crippen molar-refractivity contribution in [2.75, 3.05) is 0 Å². The molecule has 0 aliphatic heterocycles. The molecular formula is C9H16. The zero-order valence-corrected chi connectivity index (χ0v) is 6.65. The molecule has 0 aromatic rings. The van der Waals surface area contributed by atoms with Crippen LogP contribution in [0.1, 0.15) is 33.6 Å². The third kappa shape index (κ3) is 0.461. The Bertz CT molecular complexity index is 139. The van der Waals surface area contributed by atoms with Gasteiger partial charge in [0.2, 0.25) is 0 Å². The van der Waals surface area contributed by atoms with Gasteiger partial charge in [-0.3, -0.25) is 0 Å². The average molecular weight is 124 g/mol. The van der Waals surface area contributed by atoms with E-state index in [0.717, 1.165) is 23.2 Å². The van der Waals surface area contributed by atoms with Gasteiger partial charge in [0.05, 0.1) is 0 Å². The molecule has 0 nitrogen and oxygen atoms in total. The molecule has 0 spiro atoms. The maximum absolute atomic E-state index is 2.46. The average Bonchev–Trinajstić information content (AvgIpc) is 1.83. The lowest BCUT2D eigenvalue weighted by Gasteiger charge is -2.65. The molecule has 0 saturated heterocycles. The van der Waals surface area contributed by atoms with Crippen molar-refractivity contribution in [1.29, 1.82) is 0 Å². The van der Waals surface area contributed by atoms with Gasteiger partial charge in [-0.1, -0.05) is 20.8 Å². The van der Waals surface area contributed by atoms with Gasteiger partial charge in [0, 0.05) is 0 Å². The van der Waals surface area contributed by atoms with Crippen molar-refractivity contribution >= 4 is 0 Å². The van der Waals surface area contributed by atoms with E-state index in [1.807, 2.05) is 0 Å². The summed E-state index contributed by atoms with van der Waals surface area (Å²) in [6.45, 7) is 7.27. The normalized spacial score (nSPS) is 63.7. The summed E-state index contributed by atoms with van der Waals surface area (Å²) in [7, 11) is 0. The Hall–Kier alpha value is 0. The predicted molar refractivity (Wildman–Crippen MR) is 39.2 cm³/mol. The van der Waals surface area contributed by atoms with E-state index in [1.54, 1.807) is 0 Å². The van der Waals surface area contributed by atoms with Gasteiger partial charge in [0.25, 0.3) is 0 Å². The standard InChI is InChI=1S/C9H16/c1-6-5-9(3)7(2)4-8(6)9/h6-8H,4-5H2,1-3H3. The first-order valence-corrected chi connectivity index (χ1v) is 4.14. The van der Waals surface area contributed by atoms with E-state index in [0.29, 0.717) is 0 Å². The highest BCUT2D eigenvalue weighted by Gasteiger charge is 2.58. The molecule has 0 aromatic heterocycles. The second-order valence-corrected chi connectivity index (χ2v) is 4.43. The third-order valence-corrected chi connectivity index (χ3v) is 4.03. The summed E-state index contributed by atoms with van der Waals surface area (Å²) in [5.74, 6) is 3.18. The summed E-state index contributed by atoms with van der Waals surface area (Å²) in [6.07, 6.45) is 3.01. The Morgan fingerprint density at radius 2 is 2.00 bits per heavy atom. The highest BCUT2D eigenvalue weighted by atomic mass is 14.6. The zero-order chi connectivity index (χ0) is 6.65.